The van der Waals surface area contributed by atoms with E-state index in [1.165, 1.54) is 6.33 Å². The number of hydrogen-bond acceptors (Lipinski definition) is 3. The molecule has 1 aromatic heterocycles. The van der Waals surface area contributed by atoms with Crippen molar-refractivity contribution in [2.75, 3.05) is 26.2 Å². The Labute approximate surface area is 166 Å². The van der Waals surface area contributed by atoms with E-state index >= 15 is 0 Å². The molecular formula is C20H22F3N5O. The molecule has 2 amide bonds. The lowest BCUT2D eigenvalue weighted by Gasteiger charge is -2.41. The van der Waals surface area contributed by atoms with E-state index in [0.29, 0.717) is 31.7 Å². The SMILES string of the molecule is O=C(N1CC(c2ccc(C3(C(F)(F)F)CC3)cc2)C1)N1CCC(c2ncn[nH]2)C1. The summed E-state index contributed by atoms with van der Waals surface area (Å²) in [6, 6.07) is 6.84. The summed E-state index contributed by atoms with van der Waals surface area (Å²) in [7, 11) is 0. The standard InChI is InChI=1S/C20H22F3N5O/c21-20(22,23)19(6-7-19)16-3-1-13(2-4-16)15-10-28(11-15)18(29)27-8-5-14(9-27)17-24-12-25-26-17/h1-4,12,14-15H,5-11H2,(H,24,25,26). The molecule has 3 fully saturated rings. The second kappa shape index (κ2) is 6.47. The maximum absolute atomic E-state index is 13.3. The summed E-state index contributed by atoms with van der Waals surface area (Å²) >= 11 is 0. The highest BCUT2D eigenvalue weighted by molar-refractivity contribution is 5.76. The molecule has 0 radical (unpaired) electrons. The molecule has 1 unspecified atom stereocenters. The summed E-state index contributed by atoms with van der Waals surface area (Å²) in [5.74, 6) is 1.19. The fourth-order valence-corrected chi connectivity index (χ4v) is 4.55. The third kappa shape index (κ3) is 3.07. The van der Waals surface area contributed by atoms with Crippen LogP contribution in [0.25, 0.3) is 0 Å². The minimum absolute atomic E-state index is 0.0221. The smallest absolute Gasteiger partial charge is 0.324 e. The van der Waals surface area contributed by atoms with Crippen LogP contribution in [0.4, 0.5) is 18.0 Å². The lowest BCUT2D eigenvalue weighted by Crippen LogP contribution is -2.53. The van der Waals surface area contributed by atoms with Crippen LogP contribution in [0.15, 0.2) is 30.6 Å². The average Bonchev–Trinajstić information content (AvgIpc) is 3.08. The second-order valence-corrected chi connectivity index (χ2v) is 8.39. The first-order chi connectivity index (χ1) is 13.9. The number of aromatic amines is 1. The van der Waals surface area contributed by atoms with Gasteiger partial charge in [0.05, 0.1) is 5.41 Å². The molecule has 1 N–H and O–H groups in total. The number of halogens is 3. The van der Waals surface area contributed by atoms with Gasteiger partial charge in [-0.1, -0.05) is 24.3 Å². The summed E-state index contributed by atoms with van der Waals surface area (Å²) in [5.41, 5.74) is -0.281. The Balaban J connectivity index is 1.17. The number of H-pyrrole nitrogens is 1. The Kier molecular flexibility index (Phi) is 4.11. The lowest BCUT2D eigenvalue weighted by molar-refractivity contribution is -0.160. The van der Waals surface area contributed by atoms with Crippen molar-refractivity contribution in [2.45, 2.75) is 42.7 Å². The monoisotopic (exact) mass is 405 g/mol. The number of hydrogen-bond donors (Lipinski definition) is 1. The number of carbonyl (C=O) groups is 1. The summed E-state index contributed by atoms with van der Waals surface area (Å²) < 4.78 is 39.8. The van der Waals surface area contributed by atoms with Gasteiger partial charge in [-0.3, -0.25) is 5.10 Å². The van der Waals surface area contributed by atoms with Crippen molar-refractivity contribution in [1.29, 1.82) is 0 Å². The average molecular weight is 405 g/mol. The predicted octanol–water partition coefficient (Wildman–Crippen LogP) is 3.41. The quantitative estimate of drug-likeness (QED) is 0.851. The van der Waals surface area contributed by atoms with Gasteiger partial charge in [-0.2, -0.15) is 18.3 Å². The van der Waals surface area contributed by atoms with E-state index in [0.717, 1.165) is 17.8 Å². The zero-order chi connectivity index (χ0) is 20.2. The van der Waals surface area contributed by atoms with E-state index in [9.17, 15) is 18.0 Å². The number of aromatic nitrogens is 3. The van der Waals surface area contributed by atoms with Crippen molar-refractivity contribution in [3.63, 3.8) is 0 Å². The summed E-state index contributed by atoms with van der Waals surface area (Å²) in [5, 5.41) is 6.74. The van der Waals surface area contributed by atoms with Crippen LogP contribution in [0.1, 0.15) is 48.0 Å². The first kappa shape index (κ1) is 18.4. The van der Waals surface area contributed by atoms with Gasteiger partial charge < -0.3 is 9.80 Å². The van der Waals surface area contributed by atoms with Crippen LogP contribution < -0.4 is 0 Å². The van der Waals surface area contributed by atoms with Crippen molar-refractivity contribution in [2.24, 2.45) is 0 Å². The summed E-state index contributed by atoms with van der Waals surface area (Å²) in [6.07, 6.45) is -1.50. The van der Waals surface area contributed by atoms with E-state index in [1.54, 1.807) is 29.2 Å². The molecule has 29 heavy (non-hydrogen) atoms. The Morgan fingerprint density at radius 1 is 1.07 bits per heavy atom. The van der Waals surface area contributed by atoms with Crippen LogP contribution in [0.2, 0.25) is 0 Å². The van der Waals surface area contributed by atoms with E-state index in [2.05, 4.69) is 15.2 Å². The third-order valence-electron chi connectivity index (χ3n) is 6.66. The van der Waals surface area contributed by atoms with Gasteiger partial charge in [0, 0.05) is 38.0 Å². The second-order valence-electron chi connectivity index (χ2n) is 8.39. The van der Waals surface area contributed by atoms with Gasteiger partial charge in [-0.15, -0.1) is 0 Å². The zero-order valence-electron chi connectivity index (χ0n) is 15.8. The summed E-state index contributed by atoms with van der Waals surface area (Å²) in [4.78, 5) is 20.5. The molecule has 0 bridgehead atoms. The molecule has 2 saturated heterocycles. The van der Waals surface area contributed by atoms with Crippen LogP contribution in [-0.4, -0.2) is 63.4 Å². The highest BCUT2D eigenvalue weighted by Crippen LogP contribution is 2.58. The fourth-order valence-electron chi connectivity index (χ4n) is 4.55. The van der Waals surface area contributed by atoms with Crippen molar-refractivity contribution < 1.29 is 18.0 Å². The molecule has 2 aliphatic heterocycles. The van der Waals surface area contributed by atoms with E-state index in [4.69, 9.17) is 0 Å². The number of nitrogens with zero attached hydrogens (tertiary/aromatic N) is 4. The number of alkyl halides is 3. The number of amides is 2. The molecule has 1 aromatic carbocycles. The van der Waals surface area contributed by atoms with Crippen LogP contribution in [-0.2, 0) is 5.41 Å². The van der Waals surface area contributed by atoms with Crippen molar-refractivity contribution in [3.05, 3.63) is 47.5 Å². The molecule has 1 saturated carbocycles. The highest BCUT2D eigenvalue weighted by Gasteiger charge is 2.64. The number of rotatable bonds is 3. The van der Waals surface area contributed by atoms with Gasteiger partial charge in [0.25, 0.3) is 0 Å². The van der Waals surface area contributed by atoms with Gasteiger partial charge >= 0.3 is 12.2 Å². The minimum atomic E-state index is -4.19. The molecule has 9 heteroatoms. The lowest BCUT2D eigenvalue weighted by atomic mass is 9.88. The van der Waals surface area contributed by atoms with Gasteiger partial charge in [-0.25, -0.2) is 9.78 Å². The normalized spacial score (nSPS) is 23.9. The maximum Gasteiger partial charge on any atom is 0.398 e. The van der Waals surface area contributed by atoms with E-state index in [1.807, 2.05) is 4.90 Å². The van der Waals surface area contributed by atoms with Crippen molar-refractivity contribution in [3.8, 4) is 0 Å². The van der Waals surface area contributed by atoms with Crippen LogP contribution in [0.3, 0.4) is 0 Å². The number of likely N-dealkylation sites (tertiary alicyclic amines) is 2. The zero-order valence-corrected chi connectivity index (χ0v) is 15.8. The largest absolute Gasteiger partial charge is 0.398 e. The Bertz CT molecular complexity index is 886. The van der Waals surface area contributed by atoms with Gasteiger partial charge in [0.15, 0.2) is 0 Å². The third-order valence-corrected chi connectivity index (χ3v) is 6.66. The predicted molar refractivity (Wildman–Crippen MR) is 98.4 cm³/mol. The molecule has 3 heterocycles. The van der Waals surface area contributed by atoms with Crippen molar-refractivity contribution >= 4 is 6.03 Å². The molecule has 154 valence electrons. The molecular weight excluding hydrogens is 383 g/mol. The maximum atomic E-state index is 13.3. The first-order valence-electron chi connectivity index (χ1n) is 9.94. The Morgan fingerprint density at radius 3 is 2.34 bits per heavy atom. The van der Waals surface area contributed by atoms with Crippen LogP contribution >= 0.6 is 0 Å². The van der Waals surface area contributed by atoms with Gasteiger partial charge in [-0.05, 0) is 30.4 Å². The summed E-state index contributed by atoms with van der Waals surface area (Å²) in [6.45, 7) is 2.53. The number of urea groups is 1. The van der Waals surface area contributed by atoms with Crippen LogP contribution in [0, 0.1) is 0 Å². The molecule has 3 aliphatic rings. The Hall–Kier alpha value is -2.58. The van der Waals surface area contributed by atoms with Gasteiger partial charge in [0.1, 0.15) is 12.2 Å². The molecule has 1 atom stereocenters. The Morgan fingerprint density at radius 2 is 1.76 bits per heavy atom. The molecule has 1 aliphatic carbocycles. The fraction of sp³-hybridized carbons (Fsp3) is 0.550. The van der Waals surface area contributed by atoms with E-state index < -0.39 is 11.6 Å². The number of benzene rings is 1. The minimum Gasteiger partial charge on any atom is -0.324 e. The number of nitrogens with one attached hydrogen (secondary N) is 1. The highest BCUT2D eigenvalue weighted by atomic mass is 19.4. The molecule has 0 spiro atoms. The molecule has 5 rings (SSSR count). The van der Waals surface area contributed by atoms with Gasteiger partial charge in [0.2, 0.25) is 0 Å². The van der Waals surface area contributed by atoms with Crippen molar-refractivity contribution in [1.82, 2.24) is 25.0 Å². The first-order valence-corrected chi connectivity index (χ1v) is 9.94. The van der Waals surface area contributed by atoms with Crippen LogP contribution in [0.5, 0.6) is 0 Å². The molecule has 6 nitrogen and oxygen atoms in total. The number of carbonyl (C=O) groups excluding carboxylic acids is 1. The molecule has 2 aromatic rings. The van der Waals surface area contributed by atoms with E-state index in [-0.39, 0.29) is 30.7 Å². The topological polar surface area (TPSA) is 65.1 Å².